The highest BCUT2D eigenvalue weighted by molar-refractivity contribution is 7.92. The first-order valence-electron chi connectivity index (χ1n) is 7.53. The average molecular weight is 309 g/mol. The van der Waals surface area contributed by atoms with E-state index in [0.717, 1.165) is 25.4 Å². The molecule has 0 radical (unpaired) electrons. The van der Waals surface area contributed by atoms with Gasteiger partial charge < -0.3 is 9.64 Å². The molecule has 0 N–H and O–H groups in total. The lowest BCUT2D eigenvalue weighted by atomic mass is 9.86. The third-order valence-corrected chi connectivity index (χ3v) is 6.68. The maximum absolute atomic E-state index is 11.2. The summed E-state index contributed by atoms with van der Waals surface area (Å²) in [7, 11) is -0.993. The number of hydrogen-bond donors (Lipinski definition) is 0. The topological polar surface area (TPSA) is 46.6 Å². The smallest absolute Gasteiger partial charge is 0.150 e. The van der Waals surface area contributed by atoms with Gasteiger partial charge in [-0.2, -0.15) is 0 Å². The maximum atomic E-state index is 11.2. The minimum atomic E-state index is -2.67. The lowest BCUT2D eigenvalue weighted by Crippen LogP contribution is -2.56. The minimum Gasteiger partial charge on any atom is -0.497 e. The van der Waals surface area contributed by atoms with Crippen LogP contribution in [0, 0.1) is 11.8 Å². The molecule has 2 fully saturated rings. The summed E-state index contributed by atoms with van der Waals surface area (Å²) in [6, 6.07) is 8.26. The van der Waals surface area contributed by atoms with Crippen molar-refractivity contribution in [3.05, 3.63) is 29.8 Å². The molecule has 116 valence electrons. The fourth-order valence-corrected chi connectivity index (χ4v) is 5.11. The van der Waals surface area contributed by atoms with Crippen molar-refractivity contribution in [2.24, 2.45) is 11.8 Å². The Bertz CT molecular complexity index is 578. The Morgan fingerprint density at radius 2 is 1.81 bits per heavy atom. The van der Waals surface area contributed by atoms with E-state index < -0.39 is 9.84 Å². The predicted molar refractivity (Wildman–Crippen MR) is 83.5 cm³/mol. The fraction of sp³-hybridized carbons (Fsp3) is 0.625. The number of nitrogens with zero attached hydrogens (tertiary/aromatic N) is 1. The number of sulfone groups is 1. The standard InChI is InChI=1S/C16H23NO3S/c1-12(13-3-5-16(20-2)6-4-13)7-17-8-14(9-17)15-10-21(18,19)11-15/h3-6,12,14-15H,7-11H2,1-2H3/t12-/m0/s1. The number of methoxy groups -OCH3 is 1. The van der Waals surface area contributed by atoms with Crippen molar-refractivity contribution in [1.29, 1.82) is 0 Å². The van der Waals surface area contributed by atoms with Crippen LogP contribution in [-0.4, -0.2) is 51.6 Å². The molecule has 21 heavy (non-hydrogen) atoms. The molecular formula is C16H23NO3S. The SMILES string of the molecule is COc1ccc([C@@H](C)CN2CC(C3CS(=O)(=O)C3)C2)cc1. The Morgan fingerprint density at radius 3 is 2.33 bits per heavy atom. The van der Waals surface area contributed by atoms with E-state index in [1.54, 1.807) is 7.11 Å². The van der Waals surface area contributed by atoms with Crippen LogP contribution in [0.3, 0.4) is 0 Å². The van der Waals surface area contributed by atoms with Gasteiger partial charge >= 0.3 is 0 Å². The molecule has 0 saturated carbocycles. The molecule has 2 saturated heterocycles. The second-order valence-corrected chi connectivity index (χ2v) is 8.64. The third-order valence-electron chi connectivity index (χ3n) is 4.80. The Labute approximate surface area is 127 Å². The normalized spacial score (nSPS) is 24.1. The molecule has 0 spiro atoms. The van der Waals surface area contributed by atoms with Gasteiger partial charge in [0.2, 0.25) is 0 Å². The molecule has 0 unspecified atom stereocenters. The van der Waals surface area contributed by atoms with Gasteiger partial charge in [0, 0.05) is 19.6 Å². The molecule has 0 amide bonds. The van der Waals surface area contributed by atoms with Crippen LogP contribution in [0.2, 0.25) is 0 Å². The summed E-state index contributed by atoms with van der Waals surface area (Å²) < 4.78 is 27.6. The summed E-state index contributed by atoms with van der Waals surface area (Å²) in [4.78, 5) is 2.44. The summed E-state index contributed by atoms with van der Waals surface area (Å²) in [6.45, 7) is 5.40. The lowest BCUT2D eigenvalue weighted by molar-refractivity contribution is 0.0616. The van der Waals surface area contributed by atoms with Gasteiger partial charge in [0.15, 0.2) is 9.84 Å². The van der Waals surface area contributed by atoms with Gasteiger partial charge in [-0.15, -0.1) is 0 Å². The quantitative estimate of drug-likeness (QED) is 0.832. The molecule has 1 aromatic carbocycles. The first-order chi connectivity index (χ1) is 9.97. The zero-order valence-corrected chi connectivity index (χ0v) is 13.5. The first-order valence-corrected chi connectivity index (χ1v) is 9.36. The minimum absolute atomic E-state index is 0.416. The van der Waals surface area contributed by atoms with Gasteiger partial charge in [-0.1, -0.05) is 19.1 Å². The van der Waals surface area contributed by atoms with Crippen molar-refractivity contribution < 1.29 is 13.2 Å². The van der Waals surface area contributed by atoms with E-state index in [4.69, 9.17) is 4.74 Å². The molecule has 0 aromatic heterocycles. The molecule has 1 atom stereocenters. The van der Waals surface area contributed by atoms with Crippen LogP contribution < -0.4 is 4.74 Å². The highest BCUT2D eigenvalue weighted by Gasteiger charge is 2.43. The second-order valence-electron chi connectivity index (χ2n) is 6.49. The largest absolute Gasteiger partial charge is 0.497 e. The molecule has 4 nitrogen and oxygen atoms in total. The van der Waals surface area contributed by atoms with Crippen LogP contribution >= 0.6 is 0 Å². The van der Waals surface area contributed by atoms with Gasteiger partial charge in [-0.05, 0) is 35.4 Å². The summed E-state index contributed by atoms with van der Waals surface area (Å²) in [5.41, 5.74) is 1.32. The monoisotopic (exact) mass is 309 g/mol. The molecule has 2 aliphatic rings. The van der Waals surface area contributed by atoms with E-state index in [2.05, 4.69) is 24.0 Å². The van der Waals surface area contributed by atoms with Crippen LogP contribution in [0.5, 0.6) is 5.75 Å². The highest BCUT2D eigenvalue weighted by Crippen LogP contribution is 2.33. The third kappa shape index (κ3) is 3.24. The number of rotatable bonds is 5. The van der Waals surface area contributed by atoms with Gasteiger partial charge in [-0.3, -0.25) is 0 Å². The number of benzene rings is 1. The Morgan fingerprint density at radius 1 is 1.19 bits per heavy atom. The predicted octanol–water partition coefficient (Wildman–Crippen LogP) is 1.78. The maximum Gasteiger partial charge on any atom is 0.150 e. The van der Waals surface area contributed by atoms with E-state index >= 15 is 0 Å². The van der Waals surface area contributed by atoms with E-state index in [1.165, 1.54) is 5.56 Å². The van der Waals surface area contributed by atoms with Crippen LogP contribution in [0.4, 0.5) is 0 Å². The summed E-state index contributed by atoms with van der Waals surface area (Å²) >= 11 is 0. The van der Waals surface area contributed by atoms with Crippen LogP contribution in [0.15, 0.2) is 24.3 Å². The van der Waals surface area contributed by atoms with Crippen molar-refractivity contribution in [3.63, 3.8) is 0 Å². The van der Waals surface area contributed by atoms with E-state index in [-0.39, 0.29) is 0 Å². The zero-order valence-electron chi connectivity index (χ0n) is 12.7. The van der Waals surface area contributed by atoms with E-state index in [1.807, 2.05) is 12.1 Å². The Hall–Kier alpha value is -1.07. The molecule has 1 aromatic rings. The molecule has 3 rings (SSSR count). The van der Waals surface area contributed by atoms with Crippen molar-refractivity contribution in [1.82, 2.24) is 4.90 Å². The Balaban J connectivity index is 1.45. The van der Waals surface area contributed by atoms with Gasteiger partial charge in [0.1, 0.15) is 5.75 Å². The average Bonchev–Trinajstić information content (AvgIpc) is 2.39. The summed E-state index contributed by atoms with van der Waals surface area (Å²) in [5, 5.41) is 0. The molecule has 2 heterocycles. The van der Waals surface area contributed by atoms with Gasteiger partial charge in [-0.25, -0.2) is 8.42 Å². The number of ether oxygens (including phenoxy) is 1. The van der Waals surface area contributed by atoms with Crippen molar-refractivity contribution in [2.75, 3.05) is 38.2 Å². The van der Waals surface area contributed by atoms with Crippen molar-refractivity contribution >= 4 is 9.84 Å². The van der Waals surface area contributed by atoms with Crippen molar-refractivity contribution in [3.8, 4) is 5.75 Å². The number of hydrogen-bond acceptors (Lipinski definition) is 4. The van der Waals surface area contributed by atoms with Crippen molar-refractivity contribution in [2.45, 2.75) is 12.8 Å². The molecule has 5 heteroatoms. The van der Waals surface area contributed by atoms with E-state index in [9.17, 15) is 8.42 Å². The summed E-state index contributed by atoms with van der Waals surface area (Å²) in [5.74, 6) is 3.22. The number of likely N-dealkylation sites (tertiary alicyclic amines) is 1. The lowest BCUT2D eigenvalue weighted by Gasteiger charge is -2.47. The molecule has 0 aliphatic carbocycles. The Kier molecular flexibility index (Phi) is 3.97. The van der Waals surface area contributed by atoms with Gasteiger partial charge in [0.05, 0.1) is 18.6 Å². The summed E-state index contributed by atoms with van der Waals surface area (Å²) in [6.07, 6.45) is 0. The van der Waals surface area contributed by atoms with Crippen LogP contribution in [-0.2, 0) is 9.84 Å². The molecule has 0 bridgehead atoms. The second kappa shape index (κ2) is 5.61. The van der Waals surface area contributed by atoms with Gasteiger partial charge in [0.25, 0.3) is 0 Å². The molecule has 2 aliphatic heterocycles. The van der Waals surface area contributed by atoms with E-state index in [0.29, 0.717) is 29.3 Å². The first kappa shape index (κ1) is 14.9. The van der Waals surface area contributed by atoms with Crippen LogP contribution in [0.1, 0.15) is 18.4 Å². The fourth-order valence-electron chi connectivity index (χ4n) is 3.36. The highest BCUT2D eigenvalue weighted by atomic mass is 32.2. The molecular weight excluding hydrogens is 286 g/mol. The zero-order chi connectivity index (χ0) is 15.0. The van der Waals surface area contributed by atoms with Crippen LogP contribution in [0.25, 0.3) is 0 Å².